The van der Waals surface area contributed by atoms with Crippen LogP contribution in [0, 0.1) is 0 Å². The number of aliphatic carboxylic acids is 1. The van der Waals surface area contributed by atoms with Crippen molar-refractivity contribution in [2.75, 3.05) is 13.1 Å². The van der Waals surface area contributed by atoms with Crippen LogP contribution in [0.4, 0.5) is 4.79 Å². The van der Waals surface area contributed by atoms with Crippen LogP contribution in [0.5, 0.6) is 0 Å². The molecule has 2 atom stereocenters. The van der Waals surface area contributed by atoms with Crippen molar-refractivity contribution in [3.05, 3.63) is 0 Å². The molecule has 0 spiro atoms. The Morgan fingerprint density at radius 1 is 1.39 bits per heavy atom. The first-order valence-corrected chi connectivity index (χ1v) is 6.22. The minimum atomic E-state index is -1.43. The number of rotatable bonds is 7. The third-order valence-corrected chi connectivity index (χ3v) is 2.88. The molecule has 2 unspecified atom stereocenters. The molecule has 6 nitrogen and oxygen atoms in total. The van der Waals surface area contributed by atoms with Gasteiger partial charge in [0.25, 0.3) is 0 Å². The summed E-state index contributed by atoms with van der Waals surface area (Å²) in [4.78, 5) is 24.0. The first-order valence-electron chi connectivity index (χ1n) is 6.22. The molecule has 0 fully saturated rings. The third-order valence-electron chi connectivity index (χ3n) is 2.88. The molecule has 3 N–H and O–H groups in total. The van der Waals surface area contributed by atoms with E-state index in [-0.39, 0.29) is 18.6 Å². The number of carbonyl (C=O) groups is 2. The maximum absolute atomic E-state index is 11.9. The van der Waals surface area contributed by atoms with E-state index in [2.05, 4.69) is 5.32 Å². The van der Waals surface area contributed by atoms with Crippen LogP contribution >= 0.6 is 0 Å². The van der Waals surface area contributed by atoms with Crippen molar-refractivity contribution in [3.8, 4) is 0 Å². The Hall–Kier alpha value is -1.30. The first kappa shape index (κ1) is 16.7. The molecule has 0 heterocycles. The second kappa shape index (κ2) is 7.20. The lowest BCUT2D eigenvalue weighted by atomic mass is 10.0. The predicted octanol–water partition coefficient (Wildman–Crippen LogP) is 1.04. The molecule has 0 rings (SSSR count). The average molecular weight is 260 g/mol. The quantitative estimate of drug-likeness (QED) is 0.638. The number of nitrogens with zero attached hydrogens (tertiary/aromatic N) is 1. The highest BCUT2D eigenvalue weighted by molar-refractivity contribution is 5.74. The average Bonchev–Trinajstić information content (AvgIpc) is 2.25. The summed E-state index contributed by atoms with van der Waals surface area (Å²) in [7, 11) is 0. The zero-order valence-corrected chi connectivity index (χ0v) is 11.6. The highest BCUT2D eigenvalue weighted by Gasteiger charge is 2.26. The van der Waals surface area contributed by atoms with Crippen LogP contribution in [0.25, 0.3) is 0 Å². The number of carboxylic acids is 1. The molecule has 0 aliphatic rings. The molecular formula is C12H24N2O4. The van der Waals surface area contributed by atoms with Gasteiger partial charge in [-0.15, -0.1) is 0 Å². The SMILES string of the molecule is CCC(C)N(CC)C(=O)NCC(C)(O)CC(=O)O. The highest BCUT2D eigenvalue weighted by atomic mass is 16.4. The van der Waals surface area contributed by atoms with Gasteiger partial charge in [-0.3, -0.25) is 4.79 Å². The Morgan fingerprint density at radius 3 is 2.33 bits per heavy atom. The van der Waals surface area contributed by atoms with E-state index in [0.29, 0.717) is 6.54 Å². The zero-order chi connectivity index (χ0) is 14.3. The van der Waals surface area contributed by atoms with Gasteiger partial charge in [0.2, 0.25) is 0 Å². The van der Waals surface area contributed by atoms with Crippen molar-refractivity contribution in [2.45, 2.75) is 52.2 Å². The smallest absolute Gasteiger partial charge is 0.317 e. The van der Waals surface area contributed by atoms with Crippen molar-refractivity contribution in [1.29, 1.82) is 0 Å². The fraction of sp³-hybridized carbons (Fsp3) is 0.833. The summed E-state index contributed by atoms with van der Waals surface area (Å²) < 4.78 is 0. The number of carbonyl (C=O) groups excluding carboxylic acids is 1. The molecule has 0 aromatic rings. The van der Waals surface area contributed by atoms with E-state index in [4.69, 9.17) is 5.11 Å². The van der Waals surface area contributed by atoms with Gasteiger partial charge in [-0.25, -0.2) is 4.79 Å². The van der Waals surface area contributed by atoms with Gasteiger partial charge in [-0.1, -0.05) is 6.92 Å². The first-order chi connectivity index (χ1) is 8.23. The maximum Gasteiger partial charge on any atom is 0.317 e. The lowest BCUT2D eigenvalue weighted by Gasteiger charge is -2.29. The van der Waals surface area contributed by atoms with Crippen molar-refractivity contribution in [1.82, 2.24) is 10.2 Å². The van der Waals surface area contributed by atoms with Crippen LogP contribution in [0.15, 0.2) is 0 Å². The van der Waals surface area contributed by atoms with E-state index in [1.54, 1.807) is 4.90 Å². The molecule has 6 heteroatoms. The van der Waals surface area contributed by atoms with Gasteiger partial charge in [-0.2, -0.15) is 0 Å². The van der Waals surface area contributed by atoms with E-state index in [1.807, 2.05) is 20.8 Å². The summed E-state index contributed by atoms with van der Waals surface area (Å²) >= 11 is 0. The number of hydrogen-bond acceptors (Lipinski definition) is 3. The van der Waals surface area contributed by atoms with Gasteiger partial charge in [0.15, 0.2) is 0 Å². The normalized spacial score (nSPS) is 15.6. The predicted molar refractivity (Wildman–Crippen MR) is 68.4 cm³/mol. The van der Waals surface area contributed by atoms with Gasteiger partial charge in [0, 0.05) is 19.1 Å². The van der Waals surface area contributed by atoms with Crippen LogP contribution in [0.2, 0.25) is 0 Å². The van der Waals surface area contributed by atoms with Crippen molar-refractivity contribution in [2.24, 2.45) is 0 Å². The maximum atomic E-state index is 11.9. The topological polar surface area (TPSA) is 89.9 Å². The molecule has 0 saturated carbocycles. The molecule has 18 heavy (non-hydrogen) atoms. The minimum absolute atomic E-state index is 0.0783. The van der Waals surface area contributed by atoms with Gasteiger partial charge in [0.05, 0.1) is 12.0 Å². The molecule has 0 aliphatic carbocycles. The third kappa shape index (κ3) is 5.86. The lowest BCUT2D eigenvalue weighted by Crippen LogP contribution is -2.49. The number of urea groups is 1. The van der Waals surface area contributed by atoms with E-state index >= 15 is 0 Å². The van der Waals surface area contributed by atoms with E-state index in [9.17, 15) is 14.7 Å². The number of amides is 2. The molecule has 0 aliphatic heterocycles. The Bertz CT molecular complexity index is 292. The fourth-order valence-corrected chi connectivity index (χ4v) is 1.63. The summed E-state index contributed by atoms with van der Waals surface area (Å²) in [5.74, 6) is -1.09. The van der Waals surface area contributed by atoms with E-state index < -0.39 is 18.0 Å². The molecular weight excluding hydrogens is 236 g/mol. The fourth-order valence-electron chi connectivity index (χ4n) is 1.63. The zero-order valence-electron chi connectivity index (χ0n) is 11.6. The van der Waals surface area contributed by atoms with Crippen LogP contribution in [-0.2, 0) is 4.79 Å². The molecule has 0 saturated heterocycles. The van der Waals surface area contributed by atoms with Gasteiger partial charge in [-0.05, 0) is 27.2 Å². The van der Waals surface area contributed by atoms with Gasteiger partial charge in [0.1, 0.15) is 0 Å². The van der Waals surface area contributed by atoms with Crippen LogP contribution in [0.1, 0.15) is 40.5 Å². The van der Waals surface area contributed by atoms with E-state index in [1.165, 1.54) is 6.92 Å². The summed E-state index contributed by atoms with van der Waals surface area (Å²) in [6.45, 7) is 7.69. The molecule has 2 amide bonds. The van der Waals surface area contributed by atoms with Crippen LogP contribution in [-0.4, -0.2) is 51.8 Å². The number of aliphatic hydroxyl groups is 1. The van der Waals surface area contributed by atoms with Gasteiger partial charge >= 0.3 is 12.0 Å². The van der Waals surface area contributed by atoms with E-state index in [0.717, 1.165) is 6.42 Å². The Morgan fingerprint density at radius 2 is 1.94 bits per heavy atom. The second-order valence-electron chi connectivity index (χ2n) is 4.77. The summed E-state index contributed by atoms with van der Waals surface area (Å²) in [6.07, 6.45) is 0.440. The molecule has 0 aromatic carbocycles. The monoisotopic (exact) mass is 260 g/mol. The molecule has 0 radical (unpaired) electrons. The Balaban J connectivity index is 4.35. The molecule has 106 valence electrons. The number of hydrogen-bond donors (Lipinski definition) is 3. The Labute approximate surface area is 108 Å². The van der Waals surface area contributed by atoms with Crippen molar-refractivity contribution in [3.63, 3.8) is 0 Å². The lowest BCUT2D eigenvalue weighted by molar-refractivity contribution is -0.141. The molecule has 0 bridgehead atoms. The summed E-state index contributed by atoms with van der Waals surface area (Å²) in [5, 5.41) is 21.0. The molecule has 0 aromatic heterocycles. The summed E-state index contributed by atoms with van der Waals surface area (Å²) in [6, 6.07) is -0.170. The van der Waals surface area contributed by atoms with Crippen LogP contribution < -0.4 is 5.32 Å². The number of nitrogens with one attached hydrogen (secondary N) is 1. The second-order valence-corrected chi connectivity index (χ2v) is 4.77. The summed E-state index contributed by atoms with van der Waals surface area (Å²) in [5.41, 5.74) is -1.43. The number of carboxylic acid groups (broad SMARTS) is 1. The Kier molecular flexibility index (Phi) is 6.68. The minimum Gasteiger partial charge on any atom is -0.481 e. The highest BCUT2D eigenvalue weighted by Crippen LogP contribution is 2.09. The standard InChI is InChI=1S/C12H24N2O4/c1-5-9(3)14(6-2)11(17)13-8-12(4,18)7-10(15)16/h9,18H,5-8H2,1-4H3,(H,13,17)(H,15,16). The van der Waals surface area contributed by atoms with Gasteiger partial charge < -0.3 is 20.4 Å². The van der Waals surface area contributed by atoms with Crippen LogP contribution in [0.3, 0.4) is 0 Å². The van der Waals surface area contributed by atoms with Crippen molar-refractivity contribution < 1.29 is 19.8 Å². The largest absolute Gasteiger partial charge is 0.481 e. The van der Waals surface area contributed by atoms with Crippen molar-refractivity contribution >= 4 is 12.0 Å².